The van der Waals surface area contributed by atoms with Crippen molar-refractivity contribution in [2.24, 2.45) is 0 Å². The molecule has 48 heavy (non-hydrogen) atoms. The molecule has 0 bridgehead atoms. The summed E-state index contributed by atoms with van der Waals surface area (Å²) >= 11 is 0. The molecule has 0 aliphatic carbocycles. The Balaban J connectivity index is 0.00000156. The predicted octanol–water partition coefficient (Wildman–Crippen LogP) is -12.4. The van der Waals surface area contributed by atoms with Crippen LogP contribution in [-0.4, -0.2) is 190 Å². The maximum atomic E-state index is 12.7. The Kier molecular flexibility index (Phi) is 15.4. The largest absolute Gasteiger partial charge is 1.00 e. The molecule has 0 aromatic carbocycles. The SMILES string of the molecule is Cc1nc(N2CC[N+]3(CCC[N+]4(CCNCC4)CC3)CC2)c([N+](=O)[O-])c(N2CC[N+]3(CCC[N+]4(CCNCC4)CC3)CC2)n1.[Br-].[Br-].[Br-].[Br-]. The number of nitro groups is 1. The maximum Gasteiger partial charge on any atom is 0.353 e. The van der Waals surface area contributed by atoms with Crippen molar-refractivity contribution in [3.05, 3.63) is 15.9 Å². The minimum Gasteiger partial charge on any atom is -1.00 e. The van der Waals surface area contributed by atoms with Gasteiger partial charge < -0.3 is 106 Å². The third-order valence-electron chi connectivity index (χ3n) is 12.8. The number of quaternary nitrogens is 4. The molecule has 0 radical (unpaired) electrons. The second-order valence-electron chi connectivity index (χ2n) is 15.1. The predicted molar refractivity (Wildman–Crippen MR) is 172 cm³/mol. The van der Waals surface area contributed by atoms with Gasteiger partial charge in [-0.15, -0.1) is 0 Å². The zero-order chi connectivity index (χ0) is 30.3. The smallest absolute Gasteiger partial charge is 0.353 e. The van der Waals surface area contributed by atoms with Gasteiger partial charge in [-0.05, 0) is 6.92 Å². The summed E-state index contributed by atoms with van der Waals surface area (Å²) < 4.78 is 4.89. The van der Waals surface area contributed by atoms with E-state index in [1.807, 2.05) is 6.92 Å². The molecule has 6 aliphatic heterocycles. The molecule has 6 aliphatic rings. The number of hydrogen-bond acceptors (Lipinski definition) is 8. The van der Waals surface area contributed by atoms with E-state index in [1.165, 1.54) is 100 Å². The molecule has 6 saturated heterocycles. The summed E-state index contributed by atoms with van der Waals surface area (Å²) in [5, 5.41) is 19.8. The molecule has 13 nitrogen and oxygen atoms in total. The normalized spacial score (nSPS) is 25.9. The van der Waals surface area contributed by atoms with Crippen LogP contribution < -0.4 is 88.4 Å². The fourth-order valence-electron chi connectivity index (χ4n) is 9.65. The van der Waals surface area contributed by atoms with Gasteiger partial charge in [-0.1, -0.05) is 0 Å². The molecule has 276 valence electrons. The minimum absolute atomic E-state index is 0. The fourth-order valence-corrected chi connectivity index (χ4v) is 9.65. The van der Waals surface area contributed by atoms with E-state index < -0.39 is 0 Å². The highest BCUT2D eigenvalue weighted by Crippen LogP contribution is 2.37. The molecule has 7 heterocycles. The van der Waals surface area contributed by atoms with Crippen LogP contribution in [0.15, 0.2) is 0 Å². The molecule has 2 N–H and O–H groups in total. The van der Waals surface area contributed by atoms with Crippen molar-refractivity contribution in [1.82, 2.24) is 20.6 Å². The number of rotatable bonds is 3. The number of halogens is 4. The molecule has 1 aromatic heterocycles. The number of hydrogen-bond donors (Lipinski definition) is 2. The van der Waals surface area contributed by atoms with Crippen LogP contribution >= 0.6 is 0 Å². The first-order valence-corrected chi connectivity index (χ1v) is 17.7. The van der Waals surface area contributed by atoms with Crippen LogP contribution in [0, 0.1) is 17.0 Å². The van der Waals surface area contributed by atoms with Gasteiger partial charge in [-0.2, -0.15) is 0 Å². The Labute approximate surface area is 329 Å². The number of aryl methyl sites for hydroxylation is 1. The number of nitrogens with one attached hydrogen (secondary N) is 2. The van der Waals surface area contributed by atoms with Gasteiger partial charge in [0.05, 0.1) is 110 Å². The lowest BCUT2D eigenvalue weighted by atomic mass is 10.2. The van der Waals surface area contributed by atoms with E-state index in [9.17, 15) is 10.1 Å². The second kappa shape index (κ2) is 17.5. The topological polar surface area (TPSA) is 99.5 Å². The molecule has 0 unspecified atom stereocenters. The van der Waals surface area contributed by atoms with Crippen LogP contribution in [0.2, 0.25) is 0 Å². The van der Waals surface area contributed by atoms with E-state index >= 15 is 0 Å². The Bertz CT molecular complexity index is 1120. The highest BCUT2D eigenvalue weighted by molar-refractivity contribution is 5.72. The van der Waals surface area contributed by atoms with Gasteiger partial charge in [0.25, 0.3) is 0 Å². The van der Waals surface area contributed by atoms with E-state index in [0.717, 1.165) is 87.5 Å². The van der Waals surface area contributed by atoms with Gasteiger partial charge in [-0.3, -0.25) is 10.1 Å². The van der Waals surface area contributed by atoms with Crippen molar-refractivity contribution in [1.29, 1.82) is 0 Å². The summed E-state index contributed by atoms with van der Waals surface area (Å²) in [6.07, 6.45) is 2.56. The second-order valence-corrected chi connectivity index (χ2v) is 15.1. The number of aromatic nitrogens is 2. The van der Waals surface area contributed by atoms with Gasteiger partial charge in [0, 0.05) is 39.0 Å². The van der Waals surface area contributed by atoms with Gasteiger partial charge >= 0.3 is 5.69 Å². The monoisotopic (exact) mass is 931 g/mol. The van der Waals surface area contributed by atoms with Crippen LogP contribution in [0.4, 0.5) is 17.3 Å². The third kappa shape index (κ3) is 8.85. The molecule has 17 heteroatoms. The lowest BCUT2D eigenvalue weighted by Gasteiger charge is -2.46. The first-order chi connectivity index (χ1) is 21.3. The Morgan fingerprint density at radius 2 is 0.854 bits per heavy atom. The van der Waals surface area contributed by atoms with Crippen molar-refractivity contribution in [2.45, 2.75) is 19.8 Å². The average Bonchev–Trinajstić information content (AvgIpc) is 3.30. The fraction of sp³-hybridized carbons (Fsp3) is 0.871. The molecule has 0 amide bonds. The summed E-state index contributed by atoms with van der Waals surface area (Å²) in [6.45, 7) is 29.1. The molecule has 0 saturated carbocycles. The van der Waals surface area contributed by atoms with Gasteiger partial charge in [-0.25, -0.2) is 9.97 Å². The van der Waals surface area contributed by atoms with Crippen molar-refractivity contribution >= 4 is 17.3 Å². The summed E-state index contributed by atoms with van der Waals surface area (Å²) in [5.74, 6) is 1.74. The molecular weight excluding hydrogens is 878 g/mol. The minimum atomic E-state index is -0.198. The highest BCUT2D eigenvalue weighted by Gasteiger charge is 2.45. The number of piperazine rings is 4. The Morgan fingerprint density at radius 1 is 0.542 bits per heavy atom. The first kappa shape index (κ1) is 42.2. The lowest BCUT2D eigenvalue weighted by molar-refractivity contribution is -0.964. The average molecular weight is 935 g/mol. The van der Waals surface area contributed by atoms with Crippen LogP contribution in [0.1, 0.15) is 18.7 Å². The quantitative estimate of drug-likeness (QED) is 0.176. The maximum absolute atomic E-state index is 12.7. The van der Waals surface area contributed by atoms with Crippen molar-refractivity contribution in [2.75, 3.05) is 167 Å². The van der Waals surface area contributed by atoms with E-state index in [0.29, 0.717) is 17.5 Å². The summed E-state index contributed by atoms with van der Waals surface area (Å²) in [7, 11) is 0. The summed E-state index contributed by atoms with van der Waals surface area (Å²) in [4.78, 5) is 26.5. The van der Waals surface area contributed by atoms with Crippen LogP contribution in [0.5, 0.6) is 0 Å². The lowest BCUT2D eigenvalue weighted by Crippen LogP contribution is -3.00. The Morgan fingerprint density at radius 3 is 1.17 bits per heavy atom. The number of anilines is 2. The molecule has 7 rings (SSSR count). The van der Waals surface area contributed by atoms with Crippen LogP contribution in [0.3, 0.4) is 0 Å². The van der Waals surface area contributed by atoms with Gasteiger partial charge in [0.15, 0.2) is 0 Å². The van der Waals surface area contributed by atoms with E-state index in [2.05, 4.69) is 20.4 Å². The molecule has 6 fully saturated rings. The van der Waals surface area contributed by atoms with Crippen LogP contribution in [-0.2, 0) is 0 Å². The summed E-state index contributed by atoms with van der Waals surface area (Å²) in [6, 6.07) is 0. The molecule has 1 aromatic rings. The van der Waals surface area contributed by atoms with E-state index in [1.54, 1.807) is 0 Å². The standard InChI is InChI=1S/C31H57N11O2.4BrH/c1-28-34-30(36-8-20-41(21-9-36)14-2-12-39(24-26-41)16-4-32-5-17-39)29(38(43)44)31(35-28)37-10-22-42(23-11-37)15-3-13-40(25-27-42)18-6-33-7-19-40;;;;/h32-33H,2-27H2,1H3;4*1H/q+4;;;;/p-4. The van der Waals surface area contributed by atoms with E-state index in [4.69, 9.17) is 9.97 Å². The number of nitrogens with zero attached hydrogens (tertiary/aromatic N) is 9. The third-order valence-corrected chi connectivity index (χ3v) is 12.8. The zero-order valence-corrected chi connectivity index (χ0v) is 35.1. The molecule has 4 spiro atoms. The van der Waals surface area contributed by atoms with Gasteiger partial charge in [0.1, 0.15) is 32.0 Å². The van der Waals surface area contributed by atoms with E-state index in [-0.39, 0.29) is 78.5 Å². The van der Waals surface area contributed by atoms with Gasteiger partial charge in [0.2, 0.25) is 11.6 Å². The zero-order valence-electron chi connectivity index (χ0n) is 28.7. The van der Waals surface area contributed by atoms with Crippen molar-refractivity contribution in [3.8, 4) is 0 Å². The highest BCUT2D eigenvalue weighted by atomic mass is 79.9. The van der Waals surface area contributed by atoms with Crippen molar-refractivity contribution < 1.29 is 90.8 Å². The summed E-state index contributed by atoms with van der Waals surface area (Å²) in [5.41, 5.74) is 0.125. The molecule has 0 atom stereocenters. The Hall–Kier alpha value is -0.240. The first-order valence-electron chi connectivity index (χ1n) is 17.7. The van der Waals surface area contributed by atoms with Crippen molar-refractivity contribution in [3.63, 3.8) is 0 Å². The van der Waals surface area contributed by atoms with Crippen LogP contribution in [0.25, 0.3) is 0 Å². The molecular formula is C31H57Br4N11O2.